The van der Waals surface area contributed by atoms with Crippen molar-refractivity contribution in [1.82, 2.24) is 34.4 Å². The molecule has 1 aliphatic heterocycles. The molecular formula is C21H21FN8O. The Balaban J connectivity index is 1.61. The van der Waals surface area contributed by atoms with Crippen LogP contribution < -0.4 is 4.90 Å². The Morgan fingerprint density at radius 1 is 1.32 bits per heavy atom. The smallest absolute Gasteiger partial charge is 0.256 e. The lowest BCUT2D eigenvalue weighted by Gasteiger charge is -2.34. The van der Waals surface area contributed by atoms with E-state index in [-0.39, 0.29) is 17.8 Å². The Kier molecular flexibility index (Phi) is 4.42. The second-order valence-electron chi connectivity index (χ2n) is 7.74. The van der Waals surface area contributed by atoms with E-state index in [9.17, 15) is 9.18 Å². The van der Waals surface area contributed by atoms with Crippen LogP contribution >= 0.6 is 0 Å². The summed E-state index contributed by atoms with van der Waals surface area (Å²) >= 11 is 0. The summed E-state index contributed by atoms with van der Waals surface area (Å²) in [5, 5.41) is 4.61. The topological polar surface area (TPSA) is 95.3 Å². The standard InChI is InChI=1S/C21H21FN8O/c1-12-13(20(31)28(2)3)10-23-21(26-12)29-8-6-15-18(25-11-24-15)19(29)16-9-17-14(22)5-4-7-30(17)27-16/h4-5,7,9-11,19H,6,8H2,1-3H3,(H,24,25)/t19-/m0/s1. The average Bonchev–Trinajstić information content (AvgIpc) is 3.40. The summed E-state index contributed by atoms with van der Waals surface area (Å²) in [4.78, 5) is 32.7. The van der Waals surface area contributed by atoms with Gasteiger partial charge in [-0.05, 0) is 25.1 Å². The van der Waals surface area contributed by atoms with Crippen molar-refractivity contribution in [1.29, 1.82) is 0 Å². The average molecular weight is 420 g/mol. The summed E-state index contributed by atoms with van der Waals surface area (Å²) in [6, 6.07) is 4.37. The molecule has 0 radical (unpaired) electrons. The van der Waals surface area contributed by atoms with Crippen LogP contribution in [0.2, 0.25) is 0 Å². The monoisotopic (exact) mass is 420 g/mol. The number of nitrogens with zero attached hydrogens (tertiary/aromatic N) is 7. The first-order valence-corrected chi connectivity index (χ1v) is 9.92. The molecule has 31 heavy (non-hydrogen) atoms. The van der Waals surface area contributed by atoms with Crippen molar-refractivity contribution < 1.29 is 9.18 Å². The van der Waals surface area contributed by atoms with Gasteiger partial charge in [-0.15, -0.1) is 0 Å². The minimum absolute atomic E-state index is 0.148. The third kappa shape index (κ3) is 3.11. The normalized spacial score (nSPS) is 15.9. The summed E-state index contributed by atoms with van der Waals surface area (Å²) in [5.41, 5.74) is 3.91. The van der Waals surface area contributed by atoms with Crippen molar-refractivity contribution in [2.45, 2.75) is 19.4 Å². The van der Waals surface area contributed by atoms with E-state index in [0.29, 0.717) is 35.0 Å². The van der Waals surface area contributed by atoms with Gasteiger partial charge in [0, 0.05) is 45.1 Å². The van der Waals surface area contributed by atoms with E-state index >= 15 is 0 Å². The molecule has 4 aromatic rings. The molecule has 158 valence electrons. The Bertz CT molecular complexity index is 1290. The van der Waals surface area contributed by atoms with Gasteiger partial charge >= 0.3 is 0 Å². The predicted octanol–water partition coefficient (Wildman–Crippen LogP) is 2.15. The van der Waals surface area contributed by atoms with Crippen LogP contribution in [0.4, 0.5) is 10.3 Å². The summed E-state index contributed by atoms with van der Waals surface area (Å²) < 4.78 is 15.8. The van der Waals surface area contributed by atoms with Crippen molar-refractivity contribution in [2.24, 2.45) is 0 Å². The van der Waals surface area contributed by atoms with E-state index in [1.807, 2.05) is 4.90 Å². The summed E-state index contributed by atoms with van der Waals surface area (Å²) in [6.07, 6.45) is 5.65. The van der Waals surface area contributed by atoms with E-state index in [4.69, 9.17) is 0 Å². The van der Waals surface area contributed by atoms with E-state index < -0.39 is 0 Å². The number of H-pyrrole nitrogens is 1. The fourth-order valence-corrected chi connectivity index (χ4v) is 3.97. The minimum atomic E-state index is -0.385. The molecule has 0 bridgehead atoms. The number of amides is 1. The van der Waals surface area contributed by atoms with Crippen LogP contribution in [0.25, 0.3) is 5.52 Å². The number of carbonyl (C=O) groups is 1. The zero-order valence-corrected chi connectivity index (χ0v) is 17.4. The number of aromatic amines is 1. The zero-order valence-electron chi connectivity index (χ0n) is 17.4. The van der Waals surface area contributed by atoms with Crippen molar-refractivity contribution >= 4 is 17.4 Å². The Labute approximate surface area is 177 Å². The zero-order chi connectivity index (χ0) is 21.7. The number of aryl methyl sites for hydroxylation is 1. The lowest BCUT2D eigenvalue weighted by molar-refractivity contribution is 0.0826. The maximum absolute atomic E-state index is 14.3. The van der Waals surface area contributed by atoms with Gasteiger partial charge in [0.1, 0.15) is 17.4 Å². The number of imidazole rings is 1. The van der Waals surface area contributed by atoms with E-state index in [1.165, 1.54) is 15.5 Å². The van der Waals surface area contributed by atoms with Crippen molar-refractivity contribution in [3.8, 4) is 0 Å². The van der Waals surface area contributed by atoms with Crippen LogP contribution in [0, 0.1) is 12.7 Å². The number of aromatic nitrogens is 6. The molecule has 0 fully saturated rings. The highest BCUT2D eigenvalue weighted by atomic mass is 19.1. The summed E-state index contributed by atoms with van der Waals surface area (Å²) in [6.45, 7) is 2.41. The molecule has 0 aliphatic carbocycles. The number of hydrogen-bond acceptors (Lipinski definition) is 6. The summed E-state index contributed by atoms with van der Waals surface area (Å²) in [7, 11) is 3.38. The van der Waals surface area contributed by atoms with E-state index in [2.05, 4.69) is 25.0 Å². The predicted molar refractivity (Wildman–Crippen MR) is 111 cm³/mol. The van der Waals surface area contributed by atoms with Gasteiger partial charge in [-0.1, -0.05) is 0 Å². The summed E-state index contributed by atoms with van der Waals surface area (Å²) in [5.74, 6) is -0.0156. The molecule has 0 saturated carbocycles. The number of fused-ring (bicyclic) bond motifs is 2. The number of nitrogens with one attached hydrogen (secondary N) is 1. The van der Waals surface area contributed by atoms with Crippen LogP contribution in [0.15, 0.2) is 36.9 Å². The number of pyridine rings is 1. The molecule has 5 rings (SSSR count). The SMILES string of the molecule is Cc1nc(N2CCc3[nH]cnc3[C@@H]2c2cc3c(F)cccn3n2)ncc1C(=O)N(C)C. The van der Waals surface area contributed by atoms with Crippen LogP contribution in [0.3, 0.4) is 0 Å². The van der Waals surface area contributed by atoms with E-state index in [1.54, 1.807) is 51.9 Å². The molecule has 9 nitrogen and oxygen atoms in total. The molecule has 0 spiro atoms. The van der Waals surface area contributed by atoms with Gasteiger partial charge in [0.15, 0.2) is 0 Å². The highest BCUT2D eigenvalue weighted by molar-refractivity contribution is 5.94. The van der Waals surface area contributed by atoms with Gasteiger partial charge in [0.25, 0.3) is 5.91 Å². The second-order valence-corrected chi connectivity index (χ2v) is 7.74. The van der Waals surface area contributed by atoms with Gasteiger partial charge in [-0.3, -0.25) is 4.79 Å². The van der Waals surface area contributed by atoms with Crippen molar-refractivity contribution in [3.63, 3.8) is 0 Å². The molecule has 0 saturated heterocycles. The van der Waals surface area contributed by atoms with Gasteiger partial charge < -0.3 is 14.8 Å². The first kappa shape index (κ1) is 19.2. The third-order valence-electron chi connectivity index (χ3n) is 5.53. The lowest BCUT2D eigenvalue weighted by atomic mass is 10.00. The Morgan fingerprint density at radius 3 is 2.90 bits per heavy atom. The van der Waals surface area contributed by atoms with Gasteiger partial charge in [-0.2, -0.15) is 5.10 Å². The molecule has 1 atom stereocenters. The number of anilines is 1. The largest absolute Gasteiger partial charge is 0.348 e. The van der Waals surface area contributed by atoms with E-state index in [0.717, 1.165) is 17.8 Å². The molecular weight excluding hydrogens is 399 g/mol. The lowest BCUT2D eigenvalue weighted by Crippen LogP contribution is -2.38. The molecule has 1 N–H and O–H groups in total. The second kappa shape index (κ2) is 7.15. The fourth-order valence-electron chi connectivity index (χ4n) is 3.97. The molecule has 10 heteroatoms. The van der Waals surface area contributed by atoms with Crippen LogP contribution in [0.1, 0.15) is 39.2 Å². The molecule has 0 unspecified atom stereocenters. The molecule has 1 amide bonds. The number of halogens is 1. The quantitative estimate of drug-likeness (QED) is 0.546. The van der Waals surface area contributed by atoms with Gasteiger partial charge in [0.2, 0.25) is 5.95 Å². The van der Waals surface area contributed by atoms with Crippen molar-refractivity contribution in [3.05, 3.63) is 71.1 Å². The Morgan fingerprint density at radius 2 is 2.16 bits per heavy atom. The molecule has 5 heterocycles. The minimum Gasteiger partial charge on any atom is -0.348 e. The number of rotatable bonds is 3. The molecule has 4 aromatic heterocycles. The third-order valence-corrected chi connectivity index (χ3v) is 5.53. The number of carbonyl (C=O) groups excluding carboxylic acids is 1. The highest BCUT2D eigenvalue weighted by Gasteiger charge is 2.35. The molecule has 1 aliphatic rings. The van der Waals surface area contributed by atoms with Gasteiger partial charge in [0.05, 0.1) is 29.0 Å². The number of hydrogen-bond donors (Lipinski definition) is 1. The highest BCUT2D eigenvalue weighted by Crippen LogP contribution is 2.35. The fraction of sp³-hybridized carbons (Fsp3) is 0.286. The first-order chi connectivity index (χ1) is 14.9. The van der Waals surface area contributed by atoms with Crippen LogP contribution in [-0.4, -0.2) is 61.0 Å². The van der Waals surface area contributed by atoms with Crippen LogP contribution in [-0.2, 0) is 6.42 Å². The maximum Gasteiger partial charge on any atom is 0.256 e. The molecule has 0 aromatic carbocycles. The van der Waals surface area contributed by atoms with Crippen LogP contribution in [0.5, 0.6) is 0 Å². The Hall–Kier alpha value is -3.82. The maximum atomic E-state index is 14.3. The first-order valence-electron chi connectivity index (χ1n) is 9.92. The van der Waals surface area contributed by atoms with Gasteiger partial charge in [-0.25, -0.2) is 23.9 Å². The van der Waals surface area contributed by atoms with Crippen molar-refractivity contribution in [2.75, 3.05) is 25.5 Å².